The topological polar surface area (TPSA) is 90.1 Å². The molecule has 1 amide bonds. The van der Waals surface area contributed by atoms with E-state index in [-0.39, 0.29) is 17.9 Å². The van der Waals surface area contributed by atoms with E-state index in [2.05, 4.69) is 4.98 Å². The lowest BCUT2D eigenvalue weighted by Gasteiger charge is -2.00. The number of thiazole rings is 1. The number of hydrogen-bond donors (Lipinski definition) is 1. The summed E-state index contributed by atoms with van der Waals surface area (Å²) in [6, 6.07) is 9.87. The Morgan fingerprint density at radius 3 is 2.62 bits per heavy atom. The second-order valence-electron chi connectivity index (χ2n) is 4.70. The number of hydrogen-bond acceptors (Lipinski definition) is 5. The van der Waals surface area contributed by atoms with Gasteiger partial charge in [0.15, 0.2) is 9.84 Å². The first-order valence-corrected chi connectivity index (χ1v) is 9.11. The molecule has 7 heteroatoms. The van der Waals surface area contributed by atoms with Gasteiger partial charge in [0.2, 0.25) is 5.91 Å². The van der Waals surface area contributed by atoms with Crippen LogP contribution in [-0.2, 0) is 26.8 Å². The Hall–Kier alpha value is -1.73. The molecule has 21 heavy (non-hydrogen) atoms. The predicted molar refractivity (Wildman–Crippen MR) is 82.7 cm³/mol. The molecule has 0 saturated carbocycles. The van der Waals surface area contributed by atoms with Crippen LogP contribution in [0.4, 0.5) is 0 Å². The van der Waals surface area contributed by atoms with Gasteiger partial charge in [-0.15, -0.1) is 11.3 Å². The zero-order valence-corrected chi connectivity index (χ0v) is 13.0. The summed E-state index contributed by atoms with van der Waals surface area (Å²) in [5.41, 5.74) is 6.62. The zero-order valence-electron chi connectivity index (χ0n) is 11.4. The van der Waals surface area contributed by atoms with Gasteiger partial charge in [0.05, 0.1) is 22.2 Å². The smallest absolute Gasteiger partial charge is 0.218 e. The van der Waals surface area contributed by atoms with E-state index in [0.717, 1.165) is 10.6 Å². The van der Waals surface area contributed by atoms with Crippen molar-refractivity contribution >= 4 is 27.1 Å². The monoisotopic (exact) mass is 324 g/mol. The highest BCUT2D eigenvalue weighted by molar-refractivity contribution is 7.90. The minimum atomic E-state index is -3.35. The Kier molecular flexibility index (Phi) is 5.08. The lowest BCUT2D eigenvalue weighted by Crippen LogP contribution is -2.18. The highest BCUT2D eigenvalue weighted by Crippen LogP contribution is 2.16. The Morgan fingerprint density at radius 2 is 1.95 bits per heavy atom. The lowest BCUT2D eigenvalue weighted by atomic mass is 10.2. The van der Waals surface area contributed by atoms with Crippen LogP contribution < -0.4 is 5.73 Å². The van der Waals surface area contributed by atoms with Crippen LogP contribution >= 0.6 is 11.3 Å². The predicted octanol–water partition coefficient (Wildman–Crippen LogP) is 1.52. The third-order valence-electron chi connectivity index (χ3n) is 2.82. The summed E-state index contributed by atoms with van der Waals surface area (Å²) in [6.07, 6.45) is 0.538. The third-order valence-corrected chi connectivity index (χ3v) is 5.28. The molecule has 5 nitrogen and oxygen atoms in total. The molecule has 1 aromatic carbocycles. The summed E-state index contributed by atoms with van der Waals surface area (Å²) in [6.45, 7) is 0. The van der Waals surface area contributed by atoms with E-state index < -0.39 is 15.7 Å². The molecule has 0 unspecified atom stereocenters. The number of carbonyl (C=O) groups excluding carboxylic acids is 1. The first-order valence-electron chi connectivity index (χ1n) is 6.40. The number of benzene rings is 1. The standard InChI is InChI=1S/C14H16N2O3S2/c15-13(17)6-7-21(18,19)10-12-9-20-14(16-12)8-11-4-2-1-3-5-11/h1-5,9H,6-8,10H2,(H2,15,17). The van der Waals surface area contributed by atoms with Gasteiger partial charge in [0.1, 0.15) is 0 Å². The number of aromatic nitrogens is 1. The van der Waals surface area contributed by atoms with Gasteiger partial charge in [-0.25, -0.2) is 13.4 Å². The number of nitrogens with zero attached hydrogens (tertiary/aromatic N) is 1. The first-order chi connectivity index (χ1) is 9.94. The number of rotatable bonds is 7. The van der Waals surface area contributed by atoms with Gasteiger partial charge >= 0.3 is 0 Å². The summed E-state index contributed by atoms with van der Waals surface area (Å²) in [7, 11) is -3.35. The normalized spacial score (nSPS) is 11.4. The maximum absolute atomic E-state index is 11.8. The van der Waals surface area contributed by atoms with Crippen molar-refractivity contribution in [1.82, 2.24) is 4.98 Å². The first kappa shape index (κ1) is 15.7. The fourth-order valence-corrected chi connectivity index (χ4v) is 4.01. The molecule has 0 aliphatic carbocycles. The quantitative estimate of drug-likeness (QED) is 0.836. The summed E-state index contributed by atoms with van der Waals surface area (Å²) in [5.74, 6) is -0.985. The molecule has 112 valence electrons. The van der Waals surface area contributed by atoms with Crippen molar-refractivity contribution in [2.45, 2.75) is 18.6 Å². The van der Waals surface area contributed by atoms with Crippen LogP contribution in [0.5, 0.6) is 0 Å². The molecule has 0 fully saturated rings. The SMILES string of the molecule is NC(=O)CCS(=O)(=O)Cc1csc(Cc2ccccc2)n1. The minimum absolute atomic E-state index is 0.147. The van der Waals surface area contributed by atoms with Crippen molar-refractivity contribution in [3.63, 3.8) is 0 Å². The summed E-state index contributed by atoms with van der Waals surface area (Å²) in [5, 5.41) is 2.63. The number of nitrogens with two attached hydrogens (primary N) is 1. The molecule has 0 spiro atoms. The fraction of sp³-hybridized carbons (Fsp3) is 0.286. The van der Waals surface area contributed by atoms with Crippen LogP contribution in [0, 0.1) is 0 Å². The molecule has 0 bridgehead atoms. The largest absolute Gasteiger partial charge is 0.370 e. The molecule has 2 aromatic rings. The molecule has 0 aliphatic heterocycles. The Balaban J connectivity index is 1.98. The maximum atomic E-state index is 11.8. The van der Waals surface area contributed by atoms with Gasteiger partial charge in [0.25, 0.3) is 0 Å². The number of sulfone groups is 1. The van der Waals surface area contributed by atoms with Crippen molar-refractivity contribution < 1.29 is 13.2 Å². The van der Waals surface area contributed by atoms with Crippen LogP contribution in [0.3, 0.4) is 0 Å². The van der Waals surface area contributed by atoms with Gasteiger partial charge in [-0.2, -0.15) is 0 Å². The molecule has 2 rings (SSSR count). The van der Waals surface area contributed by atoms with Crippen molar-refractivity contribution in [2.24, 2.45) is 5.73 Å². The van der Waals surface area contributed by atoms with E-state index in [1.54, 1.807) is 5.38 Å². The fourth-order valence-electron chi connectivity index (χ4n) is 1.82. The van der Waals surface area contributed by atoms with E-state index in [4.69, 9.17) is 5.73 Å². The summed E-state index contributed by atoms with van der Waals surface area (Å²) < 4.78 is 23.7. The average Bonchev–Trinajstić information content (AvgIpc) is 2.84. The van der Waals surface area contributed by atoms with Crippen molar-refractivity contribution in [3.05, 3.63) is 52.0 Å². The molecular weight excluding hydrogens is 308 g/mol. The Labute approximate surface area is 127 Å². The number of carbonyl (C=O) groups is 1. The van der Waals surface area contributed by atoms with E-state index in [1.807, 2.05) is 30.3 Å². The molecule has 2 N–H and O–H groups in total. The van der Waals surface area contributed by atoms with Crippen LogP contribution in [0.1, 0.15) is 22.7 Å². The highest BCUT2D eigenvalue weighted by atomic mass is 32.2. The molecule has 0 atom stereocenters. The average molecular weight is 324 g/mol. The second kappa shape index (κ2) is 6.82. The maximum Gasteiger partial charge on any atom is 0.218 e. The summed E-state index contributed by atoms with van der Waals surface area (Å²) >= 11 is 1.44. The second-order valence-corrected chi connectivity index (χ2v) is 7.83. The third kappa shape index (κ3) is 5.28. The van der Waals surface area contributed by atoms with Crippen LogP contribution in [0.15, 0.2) is 35.7 Å². The van der Waals surface area contributed by atoms with Crippen LogP contribution in [-0.4, -0.2) is 25.1 Å². The number of amides is 1. The van der Waals surface area contributed by atoms with Crippen LogP contribution in [0.25, 0.3) is 0 Å². The Morgan fingerprint density at radius 1 is 1.24 bits per heavy atom. The van der Waals surface area contributed by atoms with Crippen molar-refractivity contribution in [3.8, 4) is 0 Å². The van der Waals surface area contributed by atoms with Crippen LogP contribution in [0.2, 0.25) is 0 Å². The van der Waals surface area contributed by atoms with E-state index in [1.165, 1.54) is 11.3 Å². The van der Waals surface area contributed by atoms with E-state index in [9.17, 15) is 13.2 Å². The molecule has 0 aliphatic rings. The number of primary amides is 1. The molecule has 0 radical (unpaired) electrons. The zero-order chi connectivity index (χ0) is 15.3. The van der Waals surface area contributed by atoms with E-state index in [0.29, 0.717) is 12.1 Å². The van der Waals surface area contributed by atoms with Gasteiger partial charge in [0, 0.05) is 18.2 Å². The van der Waals surface area contributed by atoms with Gasteiger partial charge in [-0.3, -0.25) is 4.79 Å². The van der Waals surface area contributed by atoms with Crippen molar-refractivity contribution in [1.29, 1.82) is 0 Å². The molecule has 0 saturated heterocycles. The van der Waals surface area contributed by atoms with Crippen molar-refractivity contribution in [2.75, 3.05) is 5.75 Å². The minimum Gasteiger partial charge on any atom is -0.370 e. The molecule has 1 aromatic heterocycles. The molecular formula is C14H16N2O3S2. The molecule has 1 heterocycles. The Bertz CT molecular complexity index is 709. The van der Waals surface area contributed by atoms with Gasteiger partial charge < -0.3 is 5.73 Å². The van der Waals surface area contributed by atoms with Gasteiger partial charge in [-0.05, 0) is 5.56 Å². The lowest BCUT2D eigenvalue weighted by molar-refractivity contribution is -0.117. The summed E-state index contributed by atoms with van der Waals surface area (Å²) in [4.78, 5) is 15.0. The van der Waals surface area contributed by atoms with E-state index >= 15 is 0 Å². The van der Waals surface area contributed by atoms with Gasteiger partial charge in [-0.1, -0.05) is 30.3 Å². The highest BCUT2D eigenvalue weighted by Gasteiger charge is 2.15.